The van der Waals surface area contributed by atoms with E-state index < -0.39 is 6.10 Å². The highest BCUT2D eigenvalue weighted by Crippen LogP contribution is 2.57. The Balaban J connectivity index is 1.27. The summed E-state index contributed by atoms with van der Waals surface area (Å²) in [5.74, 6) is 0.825. The summed E-state index contributed by atoms with van der Waals surface area (Å²) in [5, 5.41) is 21.9. The number of carbonyl (C=O) groups excluding carboxylic acids is 1. The van der Waals surface area contributed by atoms with E-state index in [1.807, 2.05) is 18.2 Å². The van der Waals surface area contributed by atoms with Crippen LogP contribution in [-0.4, -0.2) is 69.5 Å². The van der Waals surface area contributed by atoms with Crippen LogP contribution in [0, 0.1) is 0 Å². The molecule has 3 atom stereocenters. The van der Waals surface area contributed by atoms with Crippen LogP contribution in [0.15, 0.2) is 24.4 Å². The Morgan fingerprint density at radius 2 is 1.80 bits per heavy atom. The topological polar surface area (TPSA) is 100 Å². The van der Waals surface area contributed by atoms with Crippen molar-refractivity contribution in [3.8, 4) is 11.8 Å². The number of unbranched alkanes of at least 4 members (excludes halogenated alkanes) is 2. The van der Waals surface area contributed by atoms with Crippen molar-refractivity contribution in [2.75, 3.05) is 37.6 Å². The molecule has 9 nitrogen and oxygen atoms in total. The molecule has 5 rings (SSSR count). The van der Waals surface area contributed by atoms with Crippen LogP contribution in [0.3, 0.4) is 0 Å². The first kappa shape index (κ1) is 23.9. The number of carbonyl (C=O) groups is 1. The van der Waals surface area contributed by atoms with E-state index in [1.165, 1.54) is 4.57 Å². The maximum Gasteiger partial charge on any atom is 0.306 e. The Kier molecular flexibility index (Phi) is 7.15. The second kappa shape index (κ2) is 10.5. The van der Waals surface area contributed by atoms with Crippen molar-refractivity contribution < 1.29 is 24.5 Å². The van der Waals surface area contributed by atoms with Gasteiger partial charge >= 0.3 is 5.97 Å². The molecule has 0 spiro atoms. The van der Waals surface area contributed by atoms with Gasteiger partial charge in [-0.2, -0.15) is 0 Å². The Morgan fingerprint density at radius 1 is 1.09 bits per heavy atom. The lowest BCUT2D eigenvalue weighted by Gasteiger charge is -2.37. The monoisotopic (exact) mass is 484 g/mol. The van der Waals surface area contributed by atoms with Crippen LogP contribution in [0.2, 0.25) is 0 Å². The average molecular weight is 485 g/mol. The van der Waals surface area contributed by atoms with Crippen LogP contribution < -0.4 is 4.90 Å². The summed E-state index contributed by atoms with van der Waals surface area (Å²) in [6, 6.07) is 5.93. The molecule has 5 heterocycles. The quantitative estimate of drug-likeness (QED) is 0.390. The number of ether oxygens (including phenoxy) is 2. The molecule has 190 valence electrons. The number of pyridine rings is 1. The van der Waals surface area contributed by atoms with Crippen molar-refractivity contribution in [1.29, 1.82) is 0 Å². The van der Waals surface area contributed by atoms with E-state index in [1.54, 1.807) is 6.20 Å². The molecule has 9 heteroatoms. The fourth-order valence-corrected chi connectivity index (χ4v) is 5.59. The van der Waals surface area contributed by atoms with Gasteiger partial charge in [0.15, 0.2) is 11.8 Å². The smallest absolute Gasteiger partial charge is 0.306 e. The van der Waals surface area contributed by atoms with Crippen molar-refractivity contribution >= 4 is 11.8 Å². The standard InChI is InChI=1S/C26H36N4O5/c1-2-3-4-8-22(31)34-18(16-28-12-14-29(15-13-28)21-7-5-6-11-27-21)17-30-25(32)23-19-9-10-20(35-19)24(23)26(30)33/h5-7,11,18-20,32-33H,2-4,8-10,12-17H2,1H3/t18?,19-,20?/m1/s1. The summed E-state index contributed by atoms with van der Waals surface area (Å²) in [4.78, 5) is 21.6. The first-order valence-electron chi connectivity index (χ1n) is 12.9. The molecule has 3 aliphatic rings. The van der Waals surface area contributed by atoms with Gasteiger partial charge in [-0.3, -0.25) is 14.3 Å². The number of piperazine rings is 1. The van der Waals surface area contributed by atoms with Gasteiger partial charge in [0.2, 0.25) is 0 Å². The second-order valence-corrected chi connectivity index (χ2v) is 9.82. The number of esters is 1. The third-order valence-corrected chi connectivity index (χ3v) is 7.42. The summed E-state index contributed by atoms with van der Waals surface area (Å²) in [6.45, 7) is 6.17. The van der Waals surface area contributed by atoms with Gasteiger partial charge in [-0.1, -0.05) is 25.8 Å². The van der Waals surface area contributed by atoms with Gasteiger partial charge in [-0.25, -0.2) is 4.98 Å². The summed E-state index contributed by atoms with van der Waals surface area (Å²) in [6.07, 6.45) is 5.94. The molecule has 2 unspecified atom stereocenters. The zero-order valence-corrected chi connectivity index (χ0v) is 20.4. The molecule has 3 aliphatic heterocycles. The molecule has 2 aromatic rings. The van der Waals surface area contributed by atoms with Gasteiger partial charge in [-0.05, 0) is 31.4 Å². The third-order valence-electron chi connectivity index (χ3n) is 7.42. The zero-order chi connectivity index (χ0) is 24.4. The lowest BCUT2D eigenvalue weighted by Crippen LogP contribution is -2.49. The number of aromatic nitrogens is 2. The molecule has 2 saturated heterocycles. The number of hydrogen-bond acceptors (Lipinski definition) is 8. The molecule has 2 fully saturated rings. The van der Waals surface area contributed by atoms with Crippen molar-refractivity contribution in [1.82, 2.24) is 14.5 Å². The van der Waals surface area contributed by atoms with Gasteiger partial charge in [0, 0.05) is 45.3 Å². The number of aromatic hydroxyl groups is 2. The van der Waals surface area contributed by atoms with Crippen LogP contribution in [0.25, 0.3) is 0 Å². The number of nitrogens with zero attached hydrogens (tertiary/aromatic N) is 4. The Morgan fingerprint density at radius 3 is 2.43 bits per heavy atom. The minimum Gasteiger partial charge on any atom is -0.494 e. The molecule has 0 saturated carbocycles. The van der Waals surface area contributed by atoms with Gasteiger partial charge < -0.3 is 24.6 Å². The van der Waals surface area contributed by atoms with Crippen molar-refractivity contribution in [3.05, 3.63) is 35.5 Å². The largest absolute Gasteiger partial charge is 0.494 e. The number of rotatable bonds is 10. The summed E-state index contributed by atoms with van der Waals surface area (Å²) in [7, 11) is 0. The molecule has 0 aromatic carbocycles. The normalized spacial score (nSPS) is 22.4. The molecule has 0 aliphatic carbocycles. The molecule has 2 aromatic heterocycles. The van der Waals surface area contributed by atoms with Gasteiger partial charge in [0.25, 0.3) is 0 Å². The first-order chi connectivity index (χ1) is 17.0. The highest BCUT2D eigenvalue weighted by molar-refractivity contribution is 5.69. The minimum atomic E-state index is -0.478. The van der Waals surface area contributed by atoms with Crippen LogP contribution in [0.4, 0.5) is 5.82 Å². The molecule has 2 N–H and O–H groups in total. The fourth-order valence-electron chi connectivity index (χ4n) is 5.59. The molecular weight excluding hydrogens is 448 g/mol. The first-order valence-corrected chi connectivity index (χ1v) is 12.9. The second-order valence-electron chi connectivity index (χ2n) is 9.82. The van der Waals surface area contributed by atoms with E-state index in [4.69, 9.17) is 9.47 Å². The van der Waals surface area contributed by atoms with Crippen molar-refractivity contribution in [2.24, 2.45) is 0 Å². The lowest BCUT2D eigenvalue weighted by atomic mass is 9.95. The highest BCUT2D eigenvalue weighted by Gasteiger charge is 2.45. The van der Waals surface area contributed by atoms with Gasteiger partial charge in [-0.15, -0.1) is 0 Å². The SMILES string of the molecule is CCCCCC(=O)OC(CN1CCN(c2ccccn2)CC1)Cn1c(O)c2c(c1O)[C@H]1CCC2O1. The average Bonchev–Trinajstić information content (AvgIpc) is 3.55. The van der Waals surface area contributed by atoms with Crippen LogP contribution in [-0.2, 0) is 20.8 Å². The summed E-state index contributed by atoms with van der Waals surface area (Å²) < 4.78 is 13.3. The molecular formula is C26H36N4O5. The molecule has 0 radical (unpaired) electrons. The fraction of sp³-hybridized carbons (Fsp3) is 0.615. The van der Waals surface area contributed by atoms with E-state index in [2.05, 4.69) is 21.7 Å². The number of anilines is 1. The lowest BCUT2D eigenvalue weighted by molar-refractivity contribution is -0.151. The summed E-state index contributed by atoms with van der Waals surface area (Å²) in [5.41, 5.74) is 1.41. The molecule has 0 amide bonds. The van der Waals surface area contributed by atoms with Crippen molar-refractivity contribution in [2.45, 2.75) is 70.3 Å². The zero-order valence-electron chi connectivity index (χ0n) is 20.4. The Bertz CT molecular complexity index is 985. The van der Waals surface area contributed by atoms with Gasteiger partial charge in [0.1, 0.15) is 11.9 Å². The maximum absolute atomic E-state index is 12.6. The summed E-state index contributed by atoms with van der Waals surface area (Å²) >= 11 is 0. The van der Waals surface area contributed by atoms with Crippen LogP contribution in [0.5, 0.6) is 11.8 Å². The maximum atomic E-state index is 12.6. The predicted molar refractivity (Wildman–Crippen MR) is 130 cm³/mol. The number of fused-ring (bicyclic) bond motifs is 5. The predicted octanol–water partition coefficient (Wildman–Crippen LogP) is 3.51. The molecule has 35 heavy (non-hydrogen) atoms. The minimum absolute atomic E-state index is 0.0386. The van der Waals surface area contributed by atoms with E-state index in [-0.39, 0.29) is 36.5 Å². The number of hydrogen-bond donors (Lipinski definition) is 2. The van der Waals surface area contributed by atoms with E-state index in [0.717, 1.165) is 64.1 Å². The third kappa shape index (κ3) is 4.97. The van der Waals surface area contributed by atoms with E-state index >= 15 is 0 Å². The van der Waals surface area contributed by atoms with E-state index in [0.29, 0.717) is 24.1 Å². The van der Waals surface area contributed by atoms with Crippen molar-refractivity contribution in [3.63, 3.8) is 0 Å². The van der Waals surface area contributed by atoms with E-state index in [9.17, 15) is 15.0 Å². The van der Waals surface area contributed by atoms with Crippen LogP contribution >= 0.6 is 0 Å². The Hall–Kier alpha value is -2.78. The Labute approximate surface area is 206 Å². The highest BCUT2D eigenvalue weighted by atomic mass is 16.5. The van der Waals surface area contributed by atoms with Crippen LogP contribution in [0.1, 0.15) is 68.8 Å². The van der Waals surface area contributed by atoms with Gasteiger partial charge in [0.05, 0.1) is 29.9 Å². The molecule has 2 bridgehead atoms.